The van der Waals surface area contributed by atoms with E-state index in [0.717, 1.165) is 43.1 Å². The molecule has 3 fully saturated rings. The van der Waals surface area contributed by atoms with Crippen LogP contribution in [-0.4, -0.2) is 29.6 Å². The average Bonchev–Trinajstić information content (AvgIpc) is 2.31. The molecule has 0 amide bonds. The van der Waals surface area contributed by atoms with Crippen molar-refractivity contribution in [2.45, 2.75) is 18.4 Å². The highest BCUT2D eigenvalue weighted by atomic mass is 35.5. The Balaban J connectivity index is 1.95. The lowest BCUT2D eigenvalue weighted by Crippen LogP contribution is -2.57. The van der Waals surface area contributed by atoms with E-state index in [0.29, 0.717) is 5.92 Å². The van der Waals surface area contributed by atoms with Crippen molar-refractivity contribution in [3.05, 3.63) is 34.9 Å². The maximum atomic E-state index is 10.8. The van der Waals surface area contributed by atoms with E-state index in [9.17, 15) is 5.11 Å². The molecule has 2 bridgehead atoms. The lowest BCUT2D eigenvalue weighted by molar-refractivity contribution is -0.117. The number of rotatable bonds is 1. The first-order valence-corrected chi connectivity index (χ1v) is 6.27. The highest BCUT2D eigenvalue weighted by Gasteiger charge is 2.46. The molecule has 86 valence electrons. The number of benzene rings is 1. The van der Waals surface area contributed by atoms with Gasteiger partial charge >= 0.3 is 0 Å². The van der Waals surface area contributed by atoms with Crippen molar-refractivity contribution in [3.63, 3.8) is 0 Å². The molecule has 3 heterocycles. The van der Waals surface area contributed by atoms with E-state index in [1.807, 2.05) is 24.3 Å². The minimum absolute atomic E-state index is 0.415. The molecule has 0 aliphatic carbocycles. The molecule has 0 aromatic heterocycles. The van der Waals surface area contributed by atoms with E-state index in [2.05, 4.69) is 4.90 Å². The molecule has 1 aromatic carbocycles. The van der Waals surface area contributed by atoms with Crippen LogP contribution in [-0.2, 0) is 5.60 Å². The van der Waals surface area contributed by atoms with Gasteiger partial charge in [-0.15, -0.1) is 0 Å². The van der Waals surface area contributed by atoms with Crippen LogP contribution in [0.1, 0.15) is 18.4 Å². The van der Waals surface area contributed by atoms with E-state index in [1.165, 1.54) is 0 Å². The molecule has 3 aliphatic rings. The van der Waals surface area contributed by atoms with Gasteiger partial charge in [0.1, 0.15) is 5.60 Å². The molecule has 4 rings (SSSR count). The third-order valence-corrected chi connectivity index (χ3v) is 4.32. The van der Waals surface area contributed by atoms with Gasteiger partial charge < -0.3 is 10.0 Å². The van der Waals surface area contributed by atoms with Crippen molar-refractivity contribution in [1.82, 2.24) is 4.90 Å². The summed E-state index contributed by atoms with van der Waals surface area (Å²) in [5.41, 5.74) is 0.368. The first-order valence-electron chi connectivity index (χ1n) is 5.89. The Morgan fingerprint density at radius 1 is 1.19 bits per heavy atom. The van der Waals surface area contributed by atoms with E-state index >= 15 is 0 Å². The maximum Gasteiger partial charge on any atom is 0.105 e. The van der Waals surface area contributed by atoms with Gasteiger partial charge in [0.2, 0.25) is 0 Å². The zero-order valence-corrected chi connectivity index (χ0v) is 9.95. The predicted molar refractivity (Wildman–Crippen MR) is 64.5 cm³/mol. The highest BCUT2D eigenvalue weighted by Crippen LogP contribution is 2.42. The Hall–Kier alpha value is -0.570. The average molecular weight is 238 g/mol. The quantitative estimate of drug-likeness (QED) is 0.810. The van der Waals surface area contributed by atoms with E-state index in [4.69, 9.17) is 11.6 Å². The fourth-order valence-corrected chi connectivity index (χ4v) is 3.23. The molecule has 0 unspecified atom stereocenters. The SMILES string of the molecule is O[C@@]1(c2ccc(Cl)cc2)CN2CCC1CC2. The molecule has 0 spiro atoms. The normalized spacial score (nSPS) is 37.6. The number of aliphatic hydroxyl groups is 1. The van der Waals surface area contributed by atoms with Gasteiger partial charge in [0, 0.05) is 11.6 Å². The van der Waals surface area contributed by atoms with Crippen molar-refractivity contribution in [3.8, 4) is 0 Å². The molecular weight excluding hydrogens is 222 g/mol. The lowest BCUT2D eigenvalue weighted by atomic mass is 9.72. The Bertz CT molecular complexity index is 383. The van der Waals surface area contributed by atoms with Crippen LogP contribution in [0.5, 0.6) is 0 Å². The zero-order valence-electron chi connectivity index (χ0n) is 9.19. The van der Waals surface area contributed by atoms with Crippen LogP contribution in [0, 0.1) is 5.92 Å². The van der Waals surface area contributed by atoms with Crippen molar-refractivity contribution in [2.24, 2.45) is 5.92 Å². The molecule has 1 N–H and O–H groups in total. The smallest absolute Gasteiger partial charge is 0.105 e. The van der Waals surface area contributed by atoms with Gasteiger partial charge in [-0.05, 0) is 49.5 Å². The summed E-state index contributed by atoms with van der Waals surface area (Å²) in [4.78, 5) is 2.36. The second kappa shape index (κ2) is 3.73. The third kappa shape index (κ3) is 1.56. The molecule has 2 nitrogen and oxygen atoms in total. The summed E-state index contributed by atoms with van der Waals surface area (Å²) in [6.07, 6.45) is 2.22. The monoisotopic (exact) mass is 237 g/mol. The van der Waals surface area contributed by atoms with Gasteiger partial charge in [-0.2, -0.15) is 0 Å². The van der Waals surface area contributed by atoms with Crippen LogP contribution in [0.4, 0.5) is 0 Å². The minimum Gasteiger partial charge on any atom is -0.384 e. The number of hydrogen-bond donors (Lipinski definition) is 1. The van der Waals surface area contributed by atoms with Crippen molar-refractivity contribution >= 4 is 11.6 Å². The van der Waals surface area contributed by atoms with Crippen molar-refractivity contribution in [1.29, 1.82) is 0 Å². The predicted octanol–water partition coefficient (Wildman–Crippen LogP) is 2.25. The summed E-state index contributed by atoms with van der Waals surface area (Å²) in [5, 5.41) is 11.6. The Morgan fingerprint density at radius 2 is 1.81 bits per heavy atom. The fraction of sp³-hybridized carbons (Fsp3) is 0.538. The van der Waals surface area contributed by atoms with Crippen molar-refractivity contribution in [2.75, 3.05) is 19.6 Å². The number of nitrogens with zero attached hydrogens (tertiary/aromatic N) is 1. The molecule has 3 saturated heterocycles. The summed E-state index contributed by atoms with van der Waals surface area (Å²) in [6, 6.07) is 7.66. The van der Waals surface area contributed by atoms with Gasteiger partial charge in [-0.3, -0.25) is 0 Å². The Morgan fingerprint density at radius 3 is 2.31 bits per heavy atom. The number of hydrogen-bond acceptors (Lipinski definition) is 2. The summed E-state index contributed by atoms with van der Waals surface area (Å²) in [6.45, 7) is 3.06. The first-order chi connectivity index (χ1) is 7.68. The van der Waals surface area contributed by atoms with Crippen LogP contribution >= 0.6 is 11.6 Å². The van der Waals surface area contributed by atoms with E-state index in [1.54, 1.807) is 0 Å². The van der Waals surface area contributed by atoms with Gasteiger partial charge in [-0.1, -0.05) is 23.7 Å². The summed E-state index contributed by atoms with van der Waals surface area (Å²) in [5.74, 6) is 0.415. The van der Waals surface area contributed by atoms with Gasteiger partial charge in [0.05, 0.1) is 0 Å². The van der Waals surface area contributed by atoms with Crippen LogP contribution in [0.15, 0.2) is 24.3 Å². The Kier molecular flexibility index (Phi) is 2.46. The van der Waals surface area contributed by atoms with Crippen molar-refractivity contribution < 1.29 is 5.11 Å². The molecule has 0 saturated carbocycles. The topological polar surface area (TPSA) is 23.5 Å². The van der Waals surface area contributed by atoms with Crippen LogP contribution in [0.2, 0.25) is 5.02 Å². The molecule has 3 aliphatic heterocycles. The molecule has 1 aromatic rings. The van der Waals surface area contributed by atoms with Gasteiger partial charge in [0.25, 0.3) is 0 Å². The minimum atomic E-state index is -0.652. The van der Waals surface area contributed by atoms with Crippen LogP contribution < -0.4 is 0 Å². The number of halogens is 1. The van der Waals surface area contributed by atoms with E-state index in [-0.39, 0.29) is 0 Å². The number of piperidine rings is 3. The maximum absolute atomic E-state index is 10.8. The molecule has 3 heteroatoms. The van der Waals surface area contributed by atoms with Crippen LogP contribution in [0.25, 0.3) is 0 Å². The first kappa shape index (κ1) is 10.6. The second-order valence-electron chi connectivity index (χ2n) is 4.98. The summed E-state index contributed by atoms with van der Waals surface area (Å²) in [7, 11) is 0. The number of fused-ring (bicyclic) bond motifs is 3. The zero-order chi connectivity index (χ0) is 11.2. The molecular formula is C13H16ClNO. The molecule has 1 atom stereocenters. The van der Waals surface area contributed by atoms with Crippen LogP contribution in [0.3, 0.4) is 0 Å². The third-order valence-electron chi connectivity index (χ3n) is 4.07. The van der Waals surface area contributed by atoms with Gasteiger partial charge in [-0.25, -0.2) is 0 Å². The summed E-state index contributed by atoms with van der Waals surface area (Å²) < 4.78 is 0. The molecule has 16 heavy (non-hydrogen) atoms. The lowest BCUT2D eigenvalue weighted by Gasteiger charge is -2.50. The standard InChI is InChI=1S/C13H16ClNO/c14-12-3-1-10(2-4-12)13(16)9-15-7-5-11(13)6-8-15/h1-4,11,16H,5-9H2/t13-/m1/s1. The van der Waals surface area contributed by atoms with Gasteiger partial charge in [0.15, 0.2) is 0 Å². The fourth-order valence-electron chi connectivity index (χ4n) is 3.10. The second-order valence-corrected chi connectivity index (χ2v) is 5.42. The Labute approximate surface area is 101 Å². The molecule has 0 radical (unpaired) electrons. The van der Waals surface area contributed by atoms with E-state index < -0.39 is 5.60 Å². The highest BCUT2D eigenvalue weighted by molar-refractivity contribution is 6.30. The largest absolute Gasteiger partial charge is 0.384 e. The summed E-state index contributed by atoms with van der Waals surface area (Å²) >= 11 is 5.88.